The zero-order valence-electron chi connectivity index (χ0n) is 9.11. The van der Waals surface area contributed by atoms with Crippen molar-refractivity contribution in [2.24, 2.45) is 0 Å². The second-order valence-electron chi connectivity index (χ2n) is 4.44. The van der Waals surface area contributed by atoms with Crippen molar-refractivity contribution < 1.29 is 4.79 Å². The molecule has 3 nitrogen and oxygen atoms in total. The summed E-state index contributed by atoms with van der Waals surface area (Å²) < 4.78 is 1.02. The molecule has 1 saturated carbocycles. The van der Waals surface area contributed by atoms with Crippen molar-refractivity contribution in [3.05, 3.63) is 22.7 Å². The molecule has 1 aliphatic heterocycles. The van der Waals surface area contributed by atoms with Gasteiger partial charge in [0, 0.05) is 17.6 Å². The summed E-state index contributed by atoms with van der Waals surface area (Å²) in [6.45, 7) is 0.524. The molecule has 0 atom stereocenters. The standard InChI is InChI=1S/C12H13BrN2O/c1-14-11-6-8(13)2-5-10(11)15(7-12(14)16)9-3-4-9/h2,5-6,9H,3-4,7H2,1H3. The van der Waals surface area contributed by atoms with Crippen LogP contribution in [-0.2, 0) is 4.79 Å². The van der Waals surface area contributed by atoms with E-state index in [1.807, 2.05) is 19.2 Å². The van der Waals surface area contributed by atoms with Crippen LogP contribution in [0.3, 0.4) is 0 Å². The van der Waals surface area contributed by atoms with E-state index in [9.17, 15) is 4.79 Å². The minimum Gasteiger partial charge on any atom is -0.358 e. The maximum absolute atomic E-state index is 11.9. The van der Waals surface area contributed by atoms with Gasteiger partial charge < -0.3 is 9.80 Å². The maximum atomic E-state index is 11.9. The van der Waals surface area contributed by atoms with E-state index in [-0.39, 0.29) is 5.91 Å². The Balaban J connectivity index is 2.09. The number of anilines is 2. The highest BCUT2D eigenvalue weighted by Crippen LogP contribution is 2.40. The Bertz CT molecular complexity index is 456. The highest BCUT2D eigenvalue weighted by atomic mass is 79.9. The molecule has 1 aromatic carbocycles. The van der Waals surface area contributed by atoms with E-state index in [2.05, 4.69) is 26.9 Å². The molecule has 84 valence electrons. The maximum Gasteiger partial charge on any atom is 0.246 e. The van der Waals surface area contributed by atoms with Crippen LogP contribution in [0.5, 0.6) is 0 Å². The van der Waals surface area contributed by atoms with E-state index in [4.69, 9.17) is 0 Å². The molecule has 4 heteroatoms. The highest BCUT2D eigenvalue weighted by molar-refractivity contribution is 9.10. The van der Waals surface area contributed by atoms with Crippen LogP contribution in [0.1, 0.15) is 12.8 Å². The Morgan fingerprint density at radius 2 is 2.06 bits per heavy atom. The summed E-state index contributed by atoms with van der Waals surface area (Å²) in [5, 5.41) is 0. The van der Waals surface area contributed by atoms with Gasteiger partial charge in [-0.25, -0.2) is 0 Å². The molecule has 1 aromatic rings. The molecule has 3 rings (SSSR count). The molecular formula is C12H13BrN2O. The number of likely N-dealkylation sites (N-methyl/N-ethyl adjacent to an activating group) is 1. The molecule has 1 aliphatic carbocycles. The second kappa shape index (κ2) is 3.48. The van der Waals surface area contributed by atoms with Crippen molar-refractivity contribution in [2.45, 2.75) is 18.9 Å². The van der Waals surface area contributed by atoms with E-state index in [1.165, 1.54) is 18.5 Å². The molecule has 1 fully saturated rings. The molecular weight excluding hydrogens is 268 g/mol. The predicted molar refractivity (Wildman–Crippen MR) is 67.9 cm³/mol. The Hall–Kier alpha value is -1.03. The van der Waals surface area contributed by atoms with Crippen LogP contribution in [0.25, 0.3) is 0 Å². The first kappa shape index (κ1) is 10.1. The Morgan fingerprint density at radius 3 is 2.75 bits per heavy atom. The molecule has 0 spiro atoms. The van der Waals surface area contributed by atoms with Crippen LogP contribution in [0, 0.1) is 0 Å². The van der Waals surface area contributed by atoms with Crippen molar-refractivity contribution in [1.29, 1.82) is 0 Å². The summed E-state index contributed by atoms with van der Waals surface area (Å²) in [6.07, 6.45) is 2.43. The van der Waals surface area contributed by atoms with Crippen molar-refractivity contribution in [1.82, 2.24) is 0 Å². The number of hydrogen-bond donors (Lipinski definition) is 0. The SMILES string of the molecule is CN1C(=O)CN(C2CC2)c2ccc(Br)cc21. The molecule has 0 radical (unpaired) electrons. The molecule has 0 unspecified atom stereocenters. The lowest BCUT2D eigenvalue weighted by Gasteiger charge is -2.35. The van der Waals surface area contributed by atoms with Crippen molar-refractivity contribution in [2.75, 3.05) is 23.4 Å². The van der Waals surface area contributed by atoms with Crippen molar-refractivity contribution in [3.8, 4) is 0 Å². The quantitative estimate of drug-likeness (QED) is 0.789. The number of halogens is 1. The number of carbonyl (C=O) groups excluding carboxylic acids is 1. The molecule has 16 heavy (non-hydrogen) atoms. The topological polar surface area (TPSA) is 23.6 Å². The molecule has 0 bridgehead atoms. The first-order chi connectivity index (χ1) is 7.66. The summed E-state index contributed by atoms with van der Waals surface area (Å²) in [5.41, 5.74) is 2.20. The van der Waals surface area contributed by atoms with Gasteiger partial charge in [-0.1, -0.05) is 15.9 Å². The average Bonchev–Trinajstić information content (AvgIpc) is 3.07. The number of amides is 1. The molecule has 0 aromatic heterocycles. The normalized spacial score (nSPS) is 20.0. The molecule has 0 saturated heterocycles. The van der Waals surface area contributed by atoms with Crippen LogP contribution < -0.4 is 9.80 Å². The largest absolute Gasteiger partial charge is 0.358 e. The number of hydrogen-bond acceptors (Lipinski definition) is 2. The number of carbonyl (C=O) groups is 1. The Morgan fingerprint density at radius 1 is 1.31 bits per heavy atom. The third kappa shape index (κ3) is 1.52. The smallest absolute Gasteiger partial charge is 0.246 e. The van der Waals surface area contributed by atoms with E-state index in [0.29, 0.717) is 12.6 Å². The van der Waals surface area contributed by atoms with Gasteiger partial charge >= 0.3 is 0 Å². The second-order valence-corrected chi connectivity index (χ2v) is 5.36. The van der Waals surface area contributed by atoms with E-state index >= 15 is 0 Å². The summed E-state index contributed by atoms with van der Waals surface area (Å²) in [4.78, 5) is 15.9. The van der Waals surface area contributed by atoms with Crippen LogP contribution >= 0.6 is 15.9 Å². The average molecular weight is 281 g/mol. The Kier molecular flexibility index (Phi) is 2.21. The lowest BCUT2D eigenvalue weighted by molar-refractivity contribution is -0.117. The summed E-state index contributed by atoms with van der Waals surface area (Å²) in [7, 11) is 1.85. The minimum atomic E-state index is 0.178. The molecule has 1 amide bonds. The molecule has 0 N–H and O–H groups in total. The van der Waals surface area contributed by atoms with Gasteiger partial charge in [-0.05, 0) is 31.0 Å². The van der Waals surface area contributed by atoms with Crippen LogP contribution in [-0.4, -0.2) is 25.5 Å². The number of fused-ring (bicyclic) bond motifs is 1. The van der Waals surface area contributed by atoms with Crippen LogP contribution in [0.15, 0.2) is 22.7 Å². The van der Waals surface area contributed by atoms with Gasteiger partial charge in [-0.3, -0.25) is 4.79 Å². The monoisotopic (exact) mass is 280 g/mol. The van der Waals surface area contributed by atoms with Crippen LogP contribution in [0.4, 0.5) is 11.4 Å². The highest BCUT2D eigenvalue weighted by Gasteiger charge is 2.36. The fraction of sp³-hybridized carbons (Fsp3) is 0.417. The van der Waals surface area contributed by atoms with Gasteiger partial charge in [0.05, 0.1) is 17.9 Å². The van der Waals surface area contributed by atoms with Gasteiger partial charge in [0.1, 0.15) is 0 Å². The molecule has 1 heterocycles. The third-order valence-corrected chi connectivity index (χ3v) is 3.77. The number of rotatable bonds is 1. The van der Waals surface area contributed by atoms with E-state index in [1.54, 1.807) is 4.90 Å². The lowest BCUT2D eigenvalue weighted by Crippen LogP contribution is -2.44. The third-order valence-electron chi connectivity index (χ3n) is 3.28. The van der Waals surface area contributed by atoms with Gasteiger partial charge in [0.15, 0.2) is 0 Å². The lowest BCUT2D eigenvalue weighted by atomic mass is 10.1. The van der Waals surface area contributed by atoms with Crippen molar-refractivity contribution >= 4 is 33.2 Å². The van der Waals surface area contributed by atoms with Gasteiger partial charge in [-0.15, -0.1) is 0 Å². The van der Waals surface area contributed by atoms with Gasteiger partial charge in [0.2, 0.25) is 5.91 Å². The predicted octanol–water partition coefficient (Wildman–Crippen LogP) is 2.39. The summed E-state index contributed by atoms with van der Waals surface area (Å²) in [5.74, 6) is 0.178. The van der Waals surface area contributed by atoms with Crippen LogP contribution in [0.2, 0.25) is 0 Å². The molecule has 2 aliphatic rings. The Labute approximate surface area is 103 Å². The first-order valence-corrected chi connectivity index (χ1v) is 6.29. The number of benzene rings is 1. The van der Waals surface area contributed by atoms with Crippen molar-refractivity contribution in [3.63, 3.8) is 0 Å². The van der Waals surface area contributed by atoms with E-state index < -0.39 is 0 Å². The summed E-state index contributed by atoms with van der Waals surface area (Å²) >= 11 is 3.45. The summed E-state index contributed by atoms with van der Waals surface area (Å²) in [6, 6.07) is 6.73. The zero-order valence-corrected chi connectivity index (χ0v) is 10.7. The van der Waals surface area contributed by atoms with E-state index in [0.717, 1.165) is 10.2 Å². The van der Waals surface area contributed by atoms with Gasteiger partial charge in [-0.2, -0.15) is 0 Å². The first-order valence-electron chi connectivity index (χ1n) is 5.49. The van der Waals surface area contributed by atoms with Gasteiger partial charge in [0.25, 0.3) is 0 Å². The fourth-order valence-corrected chi connectivity index (χ4v) is 2.54. The minimum absolute atomic E-state index is 0.178. The fourth-order valence-electron chi connectivity index (χ4n) is 2.19. The zero-order chi connectivity index (χ0) is 11.3. The number of nitrogens with zero attached hydrogens (tertiary/aromatic N) is 2.